The van der Waals surface area contributed by atoms with Crippen LogP contribution in [-0.4, -0.2) is 23.0 Å². The van der Waals surface area contributed by atoms with E-state index in [9.17, 15) is 0 Å². The predicted octanol–water partition coefficient (Wildman–Crippen LogP) is 2.44. The van der Waals surface area contributed by atoms with Crippen molar-refractivity contribution in [2.45, 2.75) is 38.8 Å². The van der Waals surface area contributed by atoms with E-state index < -0.39 is 0 Å². The second-order valence-electron chi connectivity index (χ2n) is 3.86. The van der Waals surface area contributed by atoms with E-state index in [2.05, 4.69) is 29.2 Å². The van der Waals surface area contributed by atoms with E-state index in [1.807, 2.05) is 0 Å². The molecule has 1 saturated carbocycles. The molecule has 0 aliphatic heterocycles. The molecular formula is C10H16N2S. The van der Waals surface area contributed by atoms with Crippen LogP contribution in [0.4, 0.5) is 0 Å². The zero-order valence-electron chi connectivity index (χ0n) is 8.29. The van der Waals surface area contributed by atoms with Gasteiger partial charge < -0.3 is 0 Å². The lowest BCUT2D eigenvalue weighted by Crippen LogP contribution is -2.36. The van der Waals surface area contributed by atoms with Gasteiger partial charge >= 0.3 is 0 Å². The Hall–Kier alpha value is -0.410. The first-order chi connectivity index (χ1) is 6.25. The Balaban J connectivity index is 1.89. The summed E-state index contributed by atoms with van der Waals surface area (Å²) in [4.78, 5) is 6.90. The lowest BCUT2D eigenvalue weighted by atomic mass is 9.92. The number of thiazole rings is 1. The summed E-state index contributed by atoms with van der Waals surface area (Å²) in [5.41, 5.74) is 1.23. The van der Waals surface area contributed by atoms with Gasteiger partial charge in [-0.05, 0) is 26.8 Å². The maximum Gasteiger partial charge on any atom is 0.0897 e. The van der Waals surface area contributed by atoms with Crippen molar-refractivity contribution in [2.75, 3.05) is 7.05 Å². The fourth-order valence-electron chi connectivity index (χ4n) is 1.69. The summed E-state index contributed by atoms with van der Waals surface area (Å²) in [6, 6.07) is 0.821. The Kier molecular flexibility index (Phi) is 2.65. The Bertz CT molecular complexity index is 278. The van der Waals surface area contributed by atoms with Crippen molar-refractivity contribution in [3.8, 4) is 0 Å². The van der Waals surface area contributed by atoms with Gasteiger partial charge in [-0.15, -0.1) is 11.3 Å². The highest BCUT2D eigenvalue weighted by molar-refractivity contribution is 7.09. The molecule has 72 valence electrons. The van der Waals surface area contributed by atoms with Crippen LogP contribution < -0.4 is 0 Å². The number of hydrogen-bond acceptors (Lipinski definition) is 3. The van der Waals surface area contributed by atoms with Gasteiger partial charge in [0.15, 0.2) is 0 Å². The van der Waals surface area contributed by atoms with E-state index >= 15 is 0 Å². The van der Waals surface area contributed by atoms with E-state index in [0.717, 1.165) is 12.6 Å². The average Bonchev–Trinajstić information content (AvgIpc) is 2.31. The standard InChI is InChI=1S/C10H16N2S/c1-8-11-9(7-13-8)6-12(2)10-4-3-5-10/h7,10H,3-6H2,1-2H3. The van der Waals surface area contributed by atoms with Gasteiger partial charge in [-0.1, -0.05) is 6.42 Å². The van der Waals surface area contributed by atoms with Crippen LogP contribution in [0.3, 0.4) is 0 Å². The van der Waals surface area contributed by atoms with E-state index in [-0.39, 0.29) is 0 Å². The molecule has 2 nitrogen and oxygen atoms in total. The summed E-state index contributed by atoms with van der Waals surface area (Å²) in [7, 11) is 2.21. The second-order valence-corrected chi connectivity index (χ2v) is 4.92. The van der Waals surface area contributed by atoms with Crippen molar-refractivity contribution >= 4 is 11.3 Å². The Labute approximate surface area is 83.6 Å². The summed E-state index contributed by atoms with van der Waals surface area (Å²) in [5.74, 6) is 0. The Morgan fingerprint density at radius 3 is 2.85 bits per heavy atom. The van der Waals surface area contributed by atoms with Gasteiger partial charge in [0.1, 0.15) is 0 Å². The van der Waals surface area contributed by atoms with E-state index in [4.69, 9.17) is 0 Å². The fourth-order valence-corrected chi connectivity index (χ4v) is 2.30. The Morgan fingerprint density at radius 1 is 1.62 bits per heavy atom. The number of aromatic nitrogens is 1. The highest BCUT2D eigenvalue weighted by Gasteiger charge is 2.22. The third-order valence-corrected chi connectivity index (χ3v) is 3.60. The molecule has 0 N–H and O–H groups in total. The monoisotopic (exact) mass is 196 g/mol. The number of hydrogen-bond donors (Lipinski definition) is 0. The van der Waals surface area contributed by atoms with Crippen LogP contribution in [0.25, 0.3) is 0 Å². The molecule has 1 fully saturated rings. The molecule has 1 aliphatic rings. The number of nitrogens with zero attached hydrogens (tertiary/aromatic N) is 2. The van der Waals surface area contributed by atoms with Crippen molar-refractivity contribution in [2.24, 2.45) is 0 Å². The molecule has 1 heterocycles. The molecular weight excluding hydrogens is 180 g/mol. The second kappa shape index (κ2) is 3.76. The highest BCUT2D eigenvalue weighted by atomic mass is 32.1. The minimum Gasteiger partial charge on any atom is -0.298 e. The SMILES string of the molecule is Cc1nc(CN(C)C2CCC2)cs1. The van der Waals surface area contributed by atoms with Crippen LogP contribution in [0.2, 0.25) is 0 Å². The topological polar surface area (TPSA) is 16.1 Å². The van der Waals surface area contributed by atoms with Crippen molar-refractivity contribution in [1.82, 2.24) is 9.88 Å². The molecule has 1 aromatic rings. The molecule has 0 aromatic carbocycles. The first kappa shape index (κ1) is 9.16. The minimum atomic E-state index is 0.821. The van der Waals surface area contributed by atoms with Crippen LogP contribution in [0, 0.1) is 6.92 Å². The van der Waals surface area contributed by atoms with E-state index in [0.29, 0.717) is 0 Å². The van der Waals surface area contributed by atoms with Gasteiger partial charge in [0.05, 0.1) is 10.7 Å². The predicted molar refractivity (Wildman–Crippen MR) is 56.0 cm³/mol. The summed E-state index contributed by atoms with van der Waals surface area (Å²) in [6.45, 7) is 3.09. The van der Waals surface area contributed by atoms with Crippen LogP contribution in [0.1, 0.15) is 30.0 Å². The zero-order valence-corrected chi connectivity index (χ0v) is 9.10. The molecule has 0 spiro atoms. The molecule has 3 heteroatoms. The molecule has 0 radical (unpaired) electrons. The van der Waals surface area contributed by atoms with Crippen LogP contribution in [-0.2, 0) is 6.54 Å². The van der Waals surface area contributed by atoms with Gasteiger partial charge in [0, 0.05) is 18.0 Å². The van der Waals surface area contributed by atoms with Crippen molar-refractivity contribution in [1.29, 1.82) is 0 Å². The van der Waals surface area contributed by atoms with Gasteiger partial charge in [-0.25, -0.2) is 4.98 Å². The first-order valence-electron chi connectivity index (χ1n) is 4.87. The van der Waals surface area contributed by atoms with Crippen LogP contribution >= 0.6 is 11.3 Å². The molecule has 1 aliphatic carbocycles. The summed E-state index contributed by atoms with van der Waals surface area (Å²) in [5, 5.41) is 3.35. The summed E-state index contributed by atoms with van der Waals surface area (Å²) < 4.78 is 0. The lowest BCUT2D eigenvalue weighted by Gasteiger charge is -2.34. The molecule has 0 atom stereocenters. The zero-order chi connectivity index (χ0) is 9.26. The fraction of sp³-hybridized carbons (Fsp3) is 0.700. The Morgan fingerprint density at radius 2 is 2.38 bits per heavy atom. The van der Waals surface area contributed by atoms with E-state index in [1.165, 1.54) is 30.0 Å². The number of aryl methyl sites for hydroxylation is 1. The largest absolute Gasteiger partial charge is 0.298 e. The van der Waals surface area contributed by atoms with Crippen molar-refractivity contribution < 1.29 is 0 Å². The molecule has 0 amide bonds. The first-order valence-corrected chi connectivity index (χ1v) is 5.75. The molecule has 1 aromatic heterocycles. The van der Waals surface area contributed by atoms with Crippen molar-refractivity contribution in [3.05, 3.63) is 16.1 Å². The van der Waals surface area contributed by atoms with Gasteiger partial charge in [-0.3, -0.25) is 4.90 Å². The van der Waals surface area contributed by atoms with Crippen LogP contribution in [0.15, 0.2) is 5.38 Å². The summed E-state index contributed by atoms with van der Waals surface area (Å²) >= 11 is 1.75. The lowest BCUT2D eigenvalue weighted by molar-refractivity contribution is 0.151. The van der Waals surface area contributed by atoms with Crippen molar-refractivity contribution in [3.63, 3.8) is 0 Å². The smallest absolute Gasteiger partial charge is 0.0897 e. The number of rotatable bonds is 3. The minimum absolute atomic E-state index is 0.821. The molecule has 0 unspecified atom stereocenters. The molecule has 0 saturated heterocycles. The summed E-state index contributed by atoms with van der Waals surface area (Å²) in [6.07, 6.45) is 4.16. The van der Waals surface area contributed by atoms with Gasteiger partial charge in [-0.2, -0.15) is 0 Å². The van der Waals surface area contributed by atoms with Crippen LogP contribution in [0.5, 0.6) is 0 Å². The molecule has 2 rings (SSSR count). The maximum atomic E-state index is 4.47. The van der Waals surface area contributed by atoms with Gasteiger partial charge in [0.25, 0.3) is 0 Å². The quantitative estimate of drug-likeness (QED) is 0.738. The maximum absolute atomic E-state index is 4.47. The third-order valence-electron chi connectivity index (χ3n) is 2.78. The van der Waals surface area contributed by atoms with Gasteiger partial charge in [0.2, 0.25) is 0 Å². The molecule has 0 bridgehead atoms. The average molecular weight is 196 g/mol. The molecule has 13 heavy (non-hydrogen) atoms. The third kappa shape index (κ3) is 2.09. The normalized spacial score (nSPS) is 17.8. The highest BCUT2D eigenvalue weighted by Crippen LogP contribution is 2.24. The van der Waals surface area contributed by atoms with E-state index in [1.54, 1.807) is 11.3 Å².